The Hall–Kier alpha value is -1.62. The molecule has 0 amide bonds. The summed E-state index contributed by atoms with van der Waals surface area (Å²) in [4.78, 5) is 38.1. The van der Waals surface area contributed by atoms with Gasteiger partial charge in [0.25, 0.3) is 0 Å². The van der Waals surface area contributed by atoms with Crippen LogP contribution in [-0.4, -0.2) is 54.0 Å². The van der Waals surface area contributed by atoms with Crippen LogP contribution in [0.25, 0.3) is 0 Å². The molecule has 0 saturated carbocycles. The number of anilines is 1. The van der Waals surface area contributed by atoms with Gasteiger partial charge in [0.1, 0.15) is 18.0 Å². The highest BCUT2D eigenvalue weighted by Gasteiger charge is 2.61. The number of rotatable bonds is 4. The largest absolute Gasteiger partial charge is 0.383 e. The first-order valence-electron chi connectivity index (χ1n) is 7.08. The van der Waals surface area contributed by atoms with Gasteiger partial charge in [-0.15, -0.1) is 0 Å². The Kier molecular flexibility index (Phi) is 4.96. The first-order chi connectivity index (χ1) is 11.0. The van der Waals surface area contributed by atoms with E-state index in [1.807, 2.05) is 0 Å². The van der Waals surface area contributed by atoms with Crippen molar-refractivity contribution in [1.29, 1.82) is 0 Å². The Labute approximate surface area is 145 Å². The first-order valence-corrected chi connectivity index (χ1v) is 8.00. The molecule has 1 unspecified atom stereocenters. The molecule has 0 bridgehead atoms. The monoisotopic (exact) mass is 403 g/mol. The summed E-state index contributed by atoms with van der Waals surface area (Å²) in [6.07, 6.45) is -3.07. The number of alkyl halides is 1. The van der Waals surface area contributed by atoms with Gasteiger partial charge in [-0.1, -0.05) is 15.9 Å². The van der Waals surface area contributed by atoms with Crippen molar-refractivity contribution in [2.24, 2.45) is 0 Å². The number of nitrogen functional groups attached to an aromatic ring is 1. The lowest BCUT2D eigenvalue weighted by atomic mass is 9.86. The highest BCUT2D eigenvalue weighted by molar-refractivity contribution is 9.09. The fourth-order valence-corrected chi connectivity index (χ4v) is 3.55. The molecule has 1 aromatic rings. The zero-order chi connectivity index (χ0) is 18.4. The van der Waals surface area contributed by atoms with Gasteiger partial charge >= 0.3 is 5.69 Å². The fraction of sp³-hybridized carbons (Fsp3) is 0.571. The molecule has 1 aliphatic rings. The third-order valence-corrected chi connectivity index (χ3v) is 5.26. The number of aromatic nitrogens is 2. The lowest BCUT2D eigenvalue weighted by Gasteiger charge is -2.30. The van der Waals surface area contributed by atoms with Crippen LogP contribution in [0.4, 0.5) is 5.82 Å². The SMILES string of the molecule is CC(=O)C(O)[C@H]1O[C@@H](n2cc(C)c(N)nc2=O)[C@H](Br)[C@@]1(O)C(C)=O. The molecule has 9 nitrogen and oxygen atoms in total. The molecule has 2 heterocycles. The van der Waals surface area contributed by atoms with Crippen molar-refractivity contribution < 1.29 is 24.5 Å². The van der Waals surface area contributed by atoms with Crippen LogP contribution in [-0.2, 0) is 14.3 Å². The highest BCUT2D eigenvalue weighted by Crippen LogP contribution is 2.43. The second-order valence-corrected chi connectivity index (χ2v) is 6.77. The van der Waals surface area contributed by atoms with Crippen LogP contribution < -0.4 is 11.4 Å². The Morgan fingerprint density at radius 1 is 1.50 bits per heavy atom. The Balaban J connectivity index is 2.55. The minimum atomic E-state index is -2.20. The molecule has 1 saturated heterocycles. The van der Waals surface area contributed by atoms with E-state index in [1.165, 1.54) is 6.20 Å². The molecule has 0 aliphatic carbocycles. The minimum absolute atomic E-state index is 0.0440. The van der Waals surface area contributed by atoms with Crippen LogP contribution in [0, 0.1) is 6.92 Å². The number of carbonyl (C=O) groups is 2. The number of ketones is 2. The summed E-state index contributed by atoms with van der Waals surface area (Å²) >= 11 is 3.16. The molecule has 5 atom stereocenters. The fourth-order valence-electron chi connectivity index (χ4n) is 2.59. The molecular weight excluding hydrogens is 386 g/mol. The molecule has 4 N–H and O–H groups in total. The predicted molar refractivity (Wildman–Crippen MR) is 86.6 cm³/mol. The van der Waals surface area contributed by atoms with E-state index in [2.05, 4.69) is 20.9 Å². The second kappa shape index (κ2) is 6.36. The molecule has 0 aromatic carbocycles. The molecule has 2 rings (SSSR count). The average Bonchev–Trinajstić information content (AvgIpc) is 2.76. The van der Waals surface area contributed by atoms with Crippen molar-refractivity contribution >= 4 is 33.3 Å². The van der Waals surface area contributed by atoms with Crippen LogP contribution in [0.3, 0.4) is 0 Å². The molecule has 0 radical (unpaired) electrons. The van der Waals surface area contributed by atoms with Crippen LogP contribution in [0.2, 0.25) is 0 Å². The number of carbonyl (C=O) groups excluding carboxylic acids is 2. The van der Waals surface area contributed by atoms with E-state index in [1.54, 1.807) is 6.92 Å². The van der Waals surface area contributed by atoms with Gasteiger partial charge in [-0.25, -0.2) is 4.79 Å². The van der Waals surface area contributed by atoms with Crippen molar-refractivity contribution in [2.45, 2.75) is 49.6 Å². The van der Waals surface area contributed by atoms with Crippen LogP contribution >= 0.6 is 15.9 Å². The first kappa shape index (κ1) is 18.7. The third-order valence-electron chi connectivity index (χ3n) is 4.11. The second-order valence-electron chi connectivity index (χ2n) is 5.79. The number of aliphatic hydroxyl groups is 2. The predicted octanol–water partition coefficient (Wildman–Crippen LogP) is -0.935. The van der Waals surface area contributed by atoms with E-state index < -0.39 is 46.1 Å². The van der Waals surface area contributed by atoms with Gasteiger partial charge in [0.15, 0.2) is 23.4 Å². The number of Topliss-reactive ketones (excluding diaryl/α,β-unsaturated/α-hetero) is 2. The number of hydrogen-bond acceptors (Lipinski definition) is 8. The maximum atomic E-state index is 12.1. The highest BCUT2D eigenvalue weighted by atomic mass is 79.9. The number of hydrogen-bond donors (Lipinski definition) is 3. The van der Waals surface area contributed by atoms with E-state index in [4.69, 9.17) is 10.5 Å². The van der Waals surface area contributed by atoms with Crippen molar-refractivity contribution in [3.8, 4) is 0 Å². The standard InChI is InChI=1S/C14H18BrN3O6/c1-5-4-18(13(22)17-11(5)16)12-9(15)14(23,7(3)20)10(24-12)8(21)6(2)19/h4,8-10,12,21,23H,1-3H3,(H2,16,17,22)/t8?,9-,10+,12+,14-/m0/s1. The maximum Gasteiger partial charge on any atom is 0.351 e. The number of nitrogens with zero attached hydrogens (tertiary/aromatic N) is 2. The van der Waals surface area contributed by atoms with Crippen LogP contribution in [0.1, 0.15) is 25.6 Å². The number of aliphatic hydroxyl groups excluding tert-OH is 1. The summed E-state index contributed by atoms with van der Waals surface area (Å²) in [5.41, 5.74) is 3.10. The Morgan fingerprint density at radius 3 is 2.58 bits per heavy atom. The number of ether oxygens (including phenoxy) is 1. The zero-order valence-electron chi connectivity index (χ0n) is 13.3. The number of halogens is 1. The van der Waals surface area contributed by atoms with Gasteiger partial charge in [0.05, 0.1) is 4.83 Å². The van der Waals surface area contributed by atoms with E-state index >= 15 is 0 Å². The number of aryl methyl sites for hydroxylation is 1. The van der Waals surface area contributed by atoms with Crippen LogP contribution in [0.15, 0.2) is 11.0 Å². The summed E-state index contributed by atoms with van der Waals surface area (Å²) in [7, 11) is 0. The molecule has 1 aromatic heterocycles. The normalized spacial score (nSPS) is 31.0. The summed E-state index contributed by atoms with van der Waals surface area (Å²) in [6.45, 7) is 3.83. The average molecular weight is 404 g/mol. The van der Waals surface area contributed by atoms with E-state index in [-0.39, 0.29) is 5.82 Å². The lowest BCUT2D eigenvalue weighted by molar-refractivity contribution is -0.158. The van der Waals surface area contributed by atoms with E-state index in [9.17, 15) is 24.6 Å². The molecule has 10 heteroatoms. The number of nitrogens with two attached hydrogens (primary N) is 1. The van der Waals surface area contributed by atoms with Gasteiger partial charge in [0, 0.05) is 11.8 Å². The summed E-state index contributed by atoms with van der Waals surface area (Å²) in [6, 6.07) is 0. The van der Waals surface area contributed by atoms with Gasteiger partial charge in [-0.05, 0) is 20.8 Å². The topological polar surface area (TPSA) is 145 Å². The van der Waals surface area contributed by atoms with Gasteiger partial charge in [-0.2, -0.15) is 4.98 Å². The van der Waals surface area contributed by atoms with Crippen LogP contribution in [0.5, 0.6) is 0 Å². The van der Waals surface area contributed by atoms with E-state index in [0.29, 0.717) is 5.56 Å². The summed E-state index contributed by atoms with van der Waals surface area (Å²) in [5.74, 6) is -1.35. The van der Waals surface area contributed by atoms with Gasteiger partial charge in [0.2, 0.25) is 0 Å². The Bertz CT molecular complexity index is 751. The summed E-state index contributed by atoms with van der Waals surface area (Å²) in [5, 5.41) is 20.8. The molecule has 1 fully saturated rings. The van der Waals surface area contributed by atoms with Crippen molar-refractivity contribution in [3.05, 3.63) is 22.2 Å². The summed E-state index contributed by atoms with van der Waals surface area (Å²) < 4.78 is 6.58. The quantitative estimate of drug-likeness (QED) is 0.546. The smallest absolute Gasteiger partial charge is 0.351 e. The minimum Gasteiger partial charge on any atom is -0.383 e. The van der Waals surface area contributed by atoms with Crippen molar-refractivity contribution in [1.82, 2.24) is 9.55 Å². The van der Waals surface area contributed by atoms with Gasteiger partial charge < -0.3 is 20.7 Å². The molecule has 132 valence electrons. The zero-order valence-corrected chi connectivity index (χ0v) is 14.8. The molecular formula is C14H18BrN3O6. The van der Waals surface area contributed by atoms with Gasteiger partial charge in [-0.3, -0.25) is 14.2 Å². The lowest BCUT2D eigenvalue weighted by Crippen LogP contribution is -2.56. The Morgan fingerprint density at radius 2 is 2.08 bits per heavy atom. The molecule has 1 aliphatic heterocycles. The van der Waals surface area contributed by atoms with Crippen molar-refractivity contribution in [2.75, 3.05) is 5.73 Å². The third kappa shape index (κ3) is 2.79. The molecule has 24 heavy (non-hydrogen) atoms. The van der Waals surface area contributed by atoms with Crippen molar-refractivity contribution in [3.63, 3.8) is 0 Å². The van der Waals surface area contributed by atoms with E-state index in [0.717, 1.165) is 18.4 Å². The molecule has 0 spiro atoms. The maximum absolute atomic E-state index is 12.1.